The highest BCUT2D eigenvalue weighted by atomic mass is 35.5. The number of carbonyl (C=O) groups excluding carboxylic acids is 1. The summed E-state index contributed by atoms with van der Waals surface area (Å²) in [6.45, 7) is 1.53. The summed E-state index contributed by atoms with van der Waals surface area (Å²) in [6.07, 6.45) is -3.01. The second-order valence-corrected chi connectivity index (χ2v) is 3.27. The van der Waals surface area contributed by atoms with Gasteiger partial charge in [-0.1, -0.05) is 11.6 Å². The molecule has 7 heteroatoms. The van der Waals surface area contributed by atoms with Crippen LogP contribution in [0.25, 0.3) is 0 Å². The van der Waals surface area contributed by atoms with E-state index >= 15 is 0 Å². The van der Waals surface area contributed by atoms with Gasteiger partial charge in [-0.3, -0.25) is 0 Å². The molecule has 0 aliphatic heterocycles. The van der Waals surface area contributed by atoms with Crippen LogP contribution in [-0.4, -0.2) is 17.6 Å². The van der Waals surface area contributed by atoms with E-state index in [0.29, 0.717) is 0 Å². The van der Waals surface area contributed by atoms with Crippen LogP contribution in [0.1, 0.15) is 35.0 Å². The minimum Gasteiger partial charge on any atom is -0.462 e. The van der Waals surface area contributed by atoms with Gasteiger partial charge in [-0.15, -0.1) is 0 Å². The molecular weight excluding hydrogens is 254 g/mol. The van der Waals surface area contributed by atoms with Crippen molar-refractivity contribution in [2.24, 2.45) is 0 Å². The van der Waals surface area contributed by atoms with Gasteiger partial charge >= 0.3 is 5.97 Å². The Morgan fingerprint density at radius 1 is 1.71 bits per heavy atom. The number of esters is 1. The fraction of sp³-hybridized carbons (Fsp3) is 0.300. The van der Waals surface area contributed by atoms with Crippen LogP contribution in [0.15, 0.2) is 6.07 Å². The van der Waals surface area contributed by atoms with Crippen LogP contribution in [-0.2, 0) is 4.74 Å². The van der Waals surface area contributed by atoms with Gasteiger partial charge in [0.1, 0.15) is 22.5 Å². The summed E-state index contributed by atoms with van der Waals surface area (Å²) in [7, 11) is 0. The molecule has 1 rings (SSSR count). The predicted octanol–water partition coefficient (Wildman–Crippen LogP) is 2.72. The molecule has 1 heterocycles. The number of nitrogens with zero attached hydrogens (tertiary/aromatic N) is 2. The lowest BCUT2D eigenvalue weighted by atomic mass is 10.1. The molecule has 0 N–H and O–H groups in total. The Kier molecular flexibility index (Phi) is 4.35. The topological polar surface area (TPSA) is 63.0 Å². The van der Waals surface area contributed by atoms with Gasteiger partial charge in [-0.05, 0) is 13.0 Å². The maximum absolute atomic E-state index is 12.7. The average molecular weight is 261 g/mol. The smallest absolute Gasteiger partial charge is 0.341 e. The summed E-state index contributed by atoms with van der Waals surface area (Å²) >= 11 is 5.48. The number of alkyl halides is 2. The van der Waals surface area contributed by atoms with Crippen molar-refractivity contribution < 1.29 is 18.3 Å². The lowest BCUT2D eigenvalue weighted by Crippen LogP contribution is -2.12. The standard InChI is InChI=1S/C10H7ClF2N2O2/c1-2-17-10(16)7-5(4-14)3-6(11)15-8(7)9(12)13/h3,9H,2H2,1H3. The van der Waals surface area contributed by atoms with Gasteiger partial charge < -0.3 is 4.74 Å². The average Bonchev–Trinajstić information content (AvgIpc) is 2.27. The third kappa shape index (κ3) is 2.88. The Morgan fingerprint density at radius 3 is 2.82 bits per heavy atom. The van der Waals surface area contributed by atoms with Crippen molar-refractivity contribution in [3.05, 3.63) is 28.0 Å². The lowest BCUT2D eigenvalue weighted by molar-refractivity contribution is 0.0513. The summed E-state index contributed by atoms with van der Waals surface area (Å²) in [5.74, 6) is -1.01. The molecule has 0 spiro atoms. The van der Waals surface area contributed by atoms with Crippen molar-refractivity contribution in [3.8, 4) is 6.07 Å². The second kappa shape index (κ2) is 5.55. The molecule has 90 valence electrons. The van der Waals surface area contributed by atoms with E-state index in [0.717, 1.165) is 6.07 Å². The zero-order chi connectivity index (χ0) is 13.0. The molecule has 17 heavy (non-hydrogen) atoms. The zero-order valence-corrected chi connectivity index (χ0v) is 9.46. The molecule has 1 aromatic rings. The van der Waals surface area contributed by atoms with Crippen LogP contribution in [0.3, 0.4) is 0 Å². The van der Waals surface area contributed by atoms with Crippen molar-refractivity contribution in [1.82, 2.24) is 4.98 Å². The zero-order valence-electron chi connectivity index (χ0n) is 8.71. The van der Waals surface area contributed by atoms with E-state index in [2.05, 4.69) is 9.72 Å². The number of carbonyl (C=O) groups is 1. The molecule has 0 fully saturated rings. The molecule has 0 bridgehead atoms. The maximum atomic E-state index is 12.7. The maximum Gasteiger partial charge on any atom is 0.341 e. The fourth-order valence-corrected chi connectivity index (χ4v) is 1.40. The van der Waals surface area contributed by atoms with E-state index in [4.69, 9.17) is 16.9 Å². The van der Waals surface area contributed by atoms with Gasteiger partial charge in [0.2, 0.25) is 0 Å². The van der Waals surface area contributed by atoms with Gasteiger partial charge in [-0.25, -0.2) is 18.6 Å². The van der Waals surface area contributed by atoms with Crippen LogP contribution >= 0.6 is 11.6 Å². The highest BCUT2D eigenvalue weighted by Gasteiger charge is 2.25. The number of hydrogen-bond acceptors (Lipinski definition) is 4. The number of rotatable bonds is 3. The fourth-order valence-electron chi connectivity index (χ4n) is 1.20. The van der Waals surface area contributed by atoms with E-state index in [1.165, 1.54) is 6.92 Å². The second-order valence-electron chi connectivity index (χ2n) is 2.89. The summed E-state index contributed by atoms with van der Waals surface area (Å²) in [4.78, 5) is 14.8. The van der Waals surface area contributed by atoms with E-state index < -0.39 is 23.7 Å². The van der Waals surface area contributed by atoms with Gasteiger partial charge in [0.05, 0.1) is 12.2 Å². The van der Waals surface area contributed by atoms with Crippen LogP contribution in [0, 0.1) is 11.3 Å². The Bertz CT molecular complexity index is 486. The van der Waals surface area contributed by atoms with Crippen molar-refractivity contribution in [2.75, 3.05) is 6.61 Å². The minimum absolute atomic E-state index is 0.00893. The van der Waals surface area contributed by atoms with E-state index in [1.807, 2.05) is 0 Å². The van der Waals surface area contributed by atoms with Crippen molar-refractivity contribution in [2.45, 2.75) is 13.3 Å². The molecule has 0 saturated carbocycles. The van der Waals surface area contributed by atoms with Crippen molar-refractivity contribution in [3.63, 3.8) is 0 Å². The summed E-state index contributed by atoms with van der Waals surface area (Å²) in [6, 6.07) is 2.65. The molecule has 1 aromatic heterocycles. The first-order chi connectivity index (χ1) is 8.01. The summed E-state index contributed by atoms with van der Waals surface area (Å²) in [5, 5.41) is 8.50. The Labute approximate surface area is 101 Å². The number of hydrogen-bond donors (Lipinski definition) is 0. The van der Waals surface area contributed by atoms with Crippen molar-refractivity contribution >= 4 is 17.6 Å². The minimum atomic E-state index is -3.01. The monoisotopic (exact) mass is 260 g/mol. The Morgan fingerprint density at radius 2 is 2.35 bits per heavy atom. The van der Waals surface area contributed by atoms with Gasteiger partial charge in [0.25, 0.3) is 6.43 Å². The molecule has 0 radical (unpaired) electrons. The molecule has 0 aromatic carbocycles. The Hall–Kier alpha value is -1.74. The number of nitriles is 1. The van der Waals surface area contributed by atoms with E-state index in [9.17, 15) is 13.6 Å². The van der Waals surface area contributed by atoms with Crippen LogP contribution < -0.4 is 0 Å². The summed E-state index contributed by atoms with van der Waals surface area (Å²) in [5.41, 5.74) is -1.65. The number of ether oxygens (including phenoxy) is 1. The van der Waals surface area contributed by atoms with E-state index in [1.54, 1.807) is 6.07 Å². The highest BCUT2D eigenvalue weighted by molar-refractivity contribution is 6.29. The molecule has 0 amide bonds. The molecule has 0 saturated heterocycles. The normalized spacial score (nSPS) is 10.1. The van der Waals surface area contributed by atoms with Crippen LogP contribution in [0.5, 0.6) is 0 Å². The number of halogens is 3. The van der Waals surface area contributed by atoms with Crippen LogP contribution in [0.2, 0.25) is 5.15 Å². The third-order valence-electron chi connectivity index (χ3n) is 1.82. The molecule has 0 aliphatic rings. The highest BCUT2D eigenvalue weighted by Crippen LogP contribution is 2.26. The van der Waals surface area contributed by atoms with Crippen molar-refractivity contribution in [1.29, 1.82) is 5.26 Å². The van der Waals surface area contributed by atoms with Gasteiger partial charge in [0, 0.05) is 0 Å². The first-order valence-corrected chi connectivity index (χ1v) is 4.94. The number of aromatic nitrogens is 1. The first-order valence-electron chi connectivity index (χ1n) is 4.57. The quantitative estimate of drug-likeness (QED) is 0.619. The van der Waals surface area contributed by atoms with Gasteiger partial charge in [-0.2, -0.15) is 5.26 Å². The number of pyridine rings is 1. The Balaban J connectivity index is 3.43. The first kappa shape index (κ1) is 13.3. The predicted molar refractivity (Wildman–Crippen MR) is 54.9 cm³/mol. The van der Waals surface area contributed by atoms with Crippen LogP contribution in [0.4, 0.5) is 8.78 Å². The lowest BCUT2D eigenvalue weighted by Gasteiger charge is -2.09. The molecule has 0 aliphatic carbocycles. The van der Waals surface area contributed by atoms with E-state index in [-0.39, 0.29) is 17.3 Å². The largest absolute Gasteiger partial charge is 0.462 e. The SMILES string of the molecule is CCOC(=O)c1c(C#N)cc(Cl)nc1C(F)F. The molecule has 4 nitrogen and oxygen atoms in total. The third-order valence-corrected chi connectivity index (χ3v) is 2.02. The molecule has 0 unspecified atom stereocenters. The summed E-state index contributed by atoms with van der Waals surface area (Å²) < 4.78 is 30.0. The van der Waals surface area contributed by atoms with Gasteiger partial charge in [0.15, 0.2) is 0 Å². The molecule has 0 atom stereocenters. The molecular formula is C10H7ClF2N2O2.